The summed E-state index contributed by atoms with van der Waals surface area (Å²) in [7, 11) is 1.49. The van der Waals surface area contributed by atoms with Crippen LogP contribution in [-0.4, -0.2) is 47.7 Å². The van der Waals surface area contributed by atoms with E-state index in [9.17, 15) is 15.0 Å². The first-order valence-corrected chi connectivity index (χ1v) is 10.0. The van der Waals surface area contributed by atoms with Gasteiger partial charge in [-0.25, -0.2) is 4.79 Å². The number of methoxy groups -OCH3 is 1. The topological polar surface area (TPSA) is 101 Å². The molecule has 31 heavy (non-hydrogen) atoms. The van der Waals surface area contributed by atoms with Gasteiger partial charge >= 0.3 is 6.09 Å². The molecule has 1 aliphatic rings. The first-order chi connectivity index (χ1) is 15.1. The van der Waals surface area contributed by atoms with Crippen molar-refractivity contribution in [3.05, 3.63) is 83.7 Å². The number of fused-ring (bicyclic) bond motifs is 3. The zero-order valence-electron chi connectivity index (χ0n) is 17.1. The number of hydrogen-bond donors (Lipinski definition) is 3. The summed E-state index contributed by atoms with van der Waals surface area (Å²) in [5.41, 5.74) is 4.94. The van der Waals surface area contributed by atoms with Crippen molar-refractivity contribution < 1.29 is 24.5 Å². The Bertz CT molecular complexity index is 1030. The number of carbonyl (C=O) groups excluding carboxylic acids is 1. The maximum atomic E-state index is 12.2. The van der Waals surface area contributed by atoms with E-state index >= 15 is 0 Å². The second-order valence-electron chi connectivity index (χ2n) is 7.38. The molecule has 160 valence electrons. The summed E-state index contributed by atoms with van der Waals surface area (Å²) in [5.74, 6) is 0.421. The molecule has 1 amide bonds. The number of carbonyl (C=O) groups is 1. The van der Waals surface area contributed by atoms with Crippen molar-refractivity contribution in [2.45, 2.75) is 18.1 Å². The molecule has 3 N–H and O–H groups in total. The zero-order valence-corrected chi connectivity index (χ0v) is 17.1. The third-order valence-electron chi connectivity index (χ3n) is 5.48. The number of aliphatic hydroxyl groups excluding tert-OH is 2. The van der Waals surface area contributed by atoms with Crippen molar-refractivity contribution in [2.24, 2.45) is 0 Å². The van der Waals surface area contributed by atoms with Crippen LogP contribution in [0.15, 0.2) is 67.0 Å². The molecule has 0 fully saturated rings. The molecule has 1 aromatic heterocycles. The van der Waals surface area contributed by atoms with Crippen LogP contribution in [0.1, 0.15) is 28.7 Å². The summed E-state index contributed by atoms with van der Waals surface area (Å²) in [6.45, 7) is 0.00730. The van der Waals surface area contributed by atoms with E-state index in [1.807, 2.05) is 36.4 Å². The number of nitrogens with zero attached hydrogens (tertiary/aromatic N) is 1. The Balaban J connectivity index is 1.33. The van der Waals surface area contributed by atoms with E-state index in [1.165, 1.54) is 19.5 Å². The van der Waals surface area contributed by atoms with Crippen molar-refractivity contribution in [1.29, 1.82) is 0 Å². The molecule has 1 aliphatic carbocycles. The smallest absolute Gasteiger partial charge is 0.407 e. The van der Waals surface area contributed by atoms with Gasteiger partial charge in [-0.15, -0.1) is 0 Å². The number of aromatic nitrogens is 1. The van der Waals surface area contributed by atoms with Crippen LogP contribution in [0, 0.1) is 0 Å². The van der Waals surface area contributed by atoms with Gasteiger partial charge in [0.2, 0.25) is 0 Å². The van der Waals surface area contributed by atoms with E-state index < -0.39 is 18.3 Å². The molecule has 4 rings (SSSR count). The lowest BCUT2D eigenvalue weighted by atomic mass is 9.98. The number of amides is 1. The number of pyridine rings is 1. The van der Waals surface area contributed by atoms with Crippen LogP contribution < -0.4 is 10.1 Å². The second kappa shape index (κ2) is 9.16. The number of ether oxygens (including phenoxy) is 2. The van der Waals surface area contributed by atoms with Crippen molar-refractivity contribution in [1.82, 2.24) is 10.3 Å². The minimum absolute atomic E-state index is 0.0449. The van der Waals surface area contributed by atoms with Gasteiger partial charge < -0.3 is 25.0 Å². The molecule has 2 atom stereocenters. The third kappa shape index (κ3) is 4.38. The maximum absolute atomic E-state index is 12.2. The van der Waals surface area contributed by atoms with Crippen LogP contribution in [0.3, 0.4) is 0 Å². The standard InChI is InChI=1S/C24H24N2O5/c1-30-16-10-15(11-25-12-16)23(28)22(27)13-26-24(29)31-14-21-19-8-4-2-6-17(19)18-7-3-5-9-20(18)21/h2-12,21-23,27-28H,13-14H2,1H3,(H,26,29). The van der Waals surface area contributed by atoms with E-state index in [2.05, 4.69) is 22.4 Å². The number of nitrogens with one attached hydrogen (secondary N) is 1. The van der Waals surface area contributed by atoms with Gasteiger partial charge in [0, 0.05) is 24.2 Å². The lowest BCUT2D eigenvalue weighted by Gasteiger charge is -2.19. The quantitative estimate of drug-likeness (QED) is 0.543. The van der Waals surface area contributed by atoms with Crippen molar-refractivity contribution >= 4 is 6.09 Å². The Kier molecular flexibility index (Phi) is 6.16. The predicted octanol–water partition coefficient (Wildman–Crippen LogP) is 3.02. The minimum Gasteiger partial charge on any atom is -0.495 e. The van der Waals surface area contributed by atoms with Crippen molar-refractivity contribution in [3.8, 4) is 16.9 Å². The monoisotopic (exact) mass is 420 g/mol. The number of hydrogen-bond acceptors (Lipinski definition) is 6. The number of alkyl carbamates (subject to hydrolysis) is 1. The average molecular weight is 420 g/mol. The Labute approximate surface area is 180 Å². The SMILES string of the molecule is COc1cncc(C(O)C(O)CNC(=O)OCC2c3ccccc3-c3ccccc32)c1. The first kappa shape index (κ1) is 20.8. The molecule has 0 aliphatic heterocycles. The fourth-order valence-electron chi connectivity index (χ4n) is 3.88. The number of rotatable bonds is 7. The molecule has 0 saturated carbocycles. The molecule has 2 aromatic carbocycles. The molecule has 7 nitrogen and oxygen atoms in total. The molecular weight excluding hydrogens is 396 g/mol. The molecule has 0 saturated heterocycles. The highest BCUT2D eigenvalue weighted by molar-refractivity contribution is 5.79. The Morgan fingerprint density at radius 3 is 2.35 bits per heavy atom. The van der Waals surface area contributed by atoms with Crippen LogP contribution in [-0.2, 0) is 4.74 Å². The third-order valence-corrected chi connectivity index (χ3v) is 5.48. The molecule has 0 bridgehead atoms. The summed E-state index contributed by atoms with van der Waals surface area (Å²) in [5, 5.41) is 23.1. The Hall–Kier alpha value is -3.42. The van der Waals surface area contributed by atoms with E-state index in [1.54, 1.807) is 6.07 Å². The van der Waals surface area contributed by atoms with Crippen molar-refractivity contribution in [2.75, 3.05) is 20.3 Å². The van der Waals surface area contributed by atoms with Crippen molar-refractivity contribution in [3.63, 3.8) is 0 Å². The van der Waals surface area contributed by atoms with Crippen LogP contribution in [0.5, 0.6) is 5.75 Å². The lowest BCUT2D eigenvalue weighted by Crippen LogP contribution is -2.36. The minimum atomic E-state index is -1.23. The van der Waals surface area contributed by atoms with Gasteiger partial charge in [-0.3, -0.25) is 4.98 Å². The van der Waals surface area contributed by atoms with Gasteiger partial charge in [0.25, 0.3) is 0 Å². The first-order valence-electron chi connectivity index (χ1n) is 10.0. The normalized spacial score (nSPS) is 14.3. The molecule has 3 aromatic rings. The van der Waals surface area contributed by atoms with Crippen LogP contribution in [0.4, 0.5) is 4.79 Å². The lowest BCUT2D eigenvalue weighted by molar-refractivity contribution is 0.0182. The van der Waals surface area contributed by atoms with Gasteiger partial charge in [0.15, 0.2) is 0 Å². The Morgan fingerprint density at radius 2 is 1.71 bits per heavy atom. The van der Waals surface area contributed by atoms with E-state index in [4.69, 9.17) is 9.47 Å². The molecule has 1 heterocycles. The summed E-state index contributed by atoms with van der Waals surface area (Å²) in [6.07, 6.45) is -0.177. The summed E-state index contributed by atoms with van der Waals surface area (Å²) < 4.78 is 10.5. The summed E-state index contributed by atoms with van der Waals surface area (Å²) in [6, 6.07) is 17.7. The molecule has 0 spiro atoms. The van der Waals surface area contributed by atoms with Gasteiger partial charge in [0.1, 0.15) is 24.6 Å². The van der Waals surface area contributed by atoms with Gasteiger partial charge in [0.05, 0.1) is 13.3 Å². The van der Waals surface area contributed by atoms with E-state index in [0.717, 1.165) is 22.3 Å². The highest BCUT2D eigenvalue weighted by Gasteiger charge is 2.29. The summed E-state index contributed by atoms with van der Waals surface area (Å²) in [4.78, 5) is 16.2. The molecule has 2 unspecified atom stereocenters. The average Bonchev–Trinajstić information content (AvgIpc) is 3.14. The van der Waals surface area contributed by atoms with Gasteiger partial charge in [-0.05, 0) is 28.3 Å². The van der Waals surface area contributed by atoms with E-state index in [0.29, 0.717) is 11.3 Å². The highest BCUT2D eigenvalue weighted by atomic mass is 16.5. The largest absolute Gasteiger partial charge is 0.495 e. The number of aliphatic hydroxyl groups is 2. The summed E-state index contributed by atoms with van der Waals surface area (Å²) >= 11 is 0. The molecule has 7 heteroatoms. The number of benzene rings is 2. The fourth-order valence-corrected chi connectivity index (χ4v) is 3.88. The Morgan fingerprint density at radius 1 is 1.06 bits per heavy atom. The molecular formula is C24H24N2O5. The predicted molar refractivity (Wildman–Crippen MR) is 115 cm³/mol. The van der Waals surface area contributed by atoms with E-state index in [-0.39, 0.29) is 19.1 Å². The van der Waals surface area contributed by atoms with Crippen LogP contribution >= 0.6 is 0 Å². The van der Waals surface area contributed by atoms with Gasteiger partial charge in [-0.1, -0.05) is 48.5 Å². The maximum Gasteiger partial charge on any atom is 0.407 e. The van der Waals surface area contributed by atoms with Crippen LogP contribution in [0.2, 0.25) is 0 Å². The van der Waals surface area contributed by atoms with Gasteiger partial charge in [-0.2, -0.15) is 0 Å². The molecule has 0 radical (unpaired) electrons. The highest BCUT2D eigenvalue weighted by Crippen LogP contribution is 2.44. The fraction of sp³-hybridized carbons (Fsp3) is 0.250. The second-order valence-corrected chi connectivity index (χ2v) is 7.38. The zero-order chi connectivity index (χ0) is 21.8. The van der Waals surface area contributed by atoms with Crippen LogP contribution in [0.25, 0.3) is 11.1 Å².